The van der Waals surface area contributed by atoms with E-state index in [0.717, 1.165) is 12.8 Å². The van der Waals surface area contributed by atoms with Crippen LogP contribution in [0.4, 0.5) is 0 Å². The molecule has 0 aliphatic heterocycles. The predicted octanol–water partition coefficient (Wildman–Crippen LogP) is 4.29. The minimum atomic E-state index is -0.235. The highest BCUT2D eigenvalue weighted by Crippen LogP contribution is 2.50. The molecule has 1 rings (SSSR count). The lowest BCUT2D eigenvalue weighted by Gasteiger charge is -2.09. The van der Waals surface area contributed by atoms with E-state index in [-0.39, 0.29) is 5.60 Å². The molecule has 0 aromatic rings. The van der Waals surface area contributed by atoms with Crippen LogP contribution in [0.25, 0.3) is 0 Å². The van der Waals surface area contributed by atoms with Crippen molar-refractivity contribution in [1.29, 1.82) is 0 Å². The molecule has 1 heteroatoms. The van der Waals surface area contributed by atoms with Gasteiger partial charge in [0.2, 0.25) is 0 Å². The van der Waals surface area contributed by atoms with E-state index in [1.165, 1.54) is 51.4 Å². The summed E-state index contributed by atoms with van der Waals surface area (Å²) < 4.78 is 0. The van der Waals surface area contributed by atoms with Crippen LogP contribution in [0, 0.1) is 5.92 Å². The smallest absolute Gasteiger partial charge is 0.0680 e. The van der Waals surface area contributed by atoms with E-state index in [0.29, 0.717) is 5.92 Å². The van der Waals surface area contributed by atoms with Crippen LogP contribution in [0.5, 0.6) is 0 Å². The summed E-state index contributed by atoms with van der Waals surface area (Å²) in [6.07, 6.45) is 12.5. The molecule has 1 fully saturated rings. The van der Waals surface area contributed by atoms with Crippen molar-refractivity contribution < 1.29 is 5.11 Å². The van der Waals surface area contributed by atoms with Gasteiger partial charge in [0.1, 0.15) is 0 Å². The fourth-order valence-electron chi connectivity index (χ4n) is 2.54. The molecule has 0 bridgehead atoms. The molecule has 0 radical (unpaired) electrons. The van der Waals surface area contributed by atoms with Crippen molar-refractivity contribution in [2.24, 2.45) is 5.92 Å². The molecule has 0 heterocycles. The highest BCUT2D eigenvalue weighted by atomic mass is 16.3. The second-order valence-electron chi connectivity index (χ2n) is 5.31. The van der Waals surface area contributed by atoms with Gasteiger partial charge in [-0.25, -0.2) is 0 Å². The normalized spacial score (nSPS) is 29.4. The van der Waals surface area contributed by atoms with Crippen LogP contribution in [-0.2, 0) is 0 Å². The molecule has 1 saturated carbocycles. The number of hydrogen-bond donors (Lipinski definition) is 1. The molecule has 0 amide bonds. The van der Waals surface area contributed by atoms with E-state index < -0.39 is 0 Å². The van der Waals surface area contributed by atoms with Gasteiger partial charge in [0, 0.05) is 0 Å². The molecule has 1 aliphatic rings. The summed E-state index contributed by atoms with van der Waals surface area (Å²) in [5, 5.41) is 10.2. The Labute approximate surface area is 95.3 Å². The first-order valence-corrected chi connectivity index (χ1v) is 6.95. The topological polar surface area (TPSA) is 20.2 Å². The highest BCUT2D eigenvalue weighted by molar-refractivity contribution is 5.02. The van der Waals surface area contributed by atoms with Crippen LogP contribution in [0.3, 0.4) is 0 Å². The summed E-state index contributed by atoms with van der Waals surface area (Å²) in [4.78, 5) is 0. The summed E-state index contributed by atoms with van der Waals surface area (Å²) in [6.45, 7) is 4.47. The third-order valence-electron chi connectivity index (χ3n) is 3.82. The Morgan fingerprint density at radius 3 is 2.33 bits per heavy atom. The fraction of sp³-hybridized carbons (Fsp3) is 1.00. The van der Waals surface area contributed by atoms with Gasteiger partial charge in [-0.15, -0.1) is 0 Å². The molecule has 0 aromatic carbocycles. The first-order chi connectivity index (χ1) is 7.23. The van der Waals surface area contributed by atoms with Crippen molar-refractivity contribution in [2.45, 2.75) is 83.7 Å². The summed E-state index contributed by atoms with van der Waals surface area (Å²) >= 11 is 0. The average molecular weight is 212 g/mol. The van der Waals surface area contributed by atoms with Gasteiger partial charge < -0.3 is 5.11 Å². The molecule has 1 N–H and O–H groups in total. The van der Waals surface area contributed by atoms with E-state index in [2.05, 4.69) is 13.8 Å². The van der Waals surface area contributed by atoms with Crippen molar-refractivity contribution in [1.82, 2.24) is 0 Å². The van der Waals surface area contributed by atoms with Crippen molar-refractivity contribution in [2.75, 3.05) is 0 Å². The van der Waals surface area contributed by atoms with Crippen LogP contribution in [0.2, 0.25) is 0 Å². The zero-order valence-electron chi connectivity index (χ0n) is 10.6. The number of unbranched alkanes of at least 4 members (excludes halogenated alkanes) is 5. The van der Waals surface area contributed by atoms with Crippen molar-refractivity contribution in [3.8, 4) is 0 Å². The largest absolute Gasteiger partial charge is 0.390 e. The summed E-state index contributed by atoms with van der Waals surface area (Å²) in [5.41, 5.74) is -0.235. The lowest BCUT2D eigenvalue weighted by atomic mass is 10.0. The Morgan fingerprint density at radius 2 is 1.67 bits per heavy atom. The van der Waals surface area contributed by atoms with Gasteiger partial charge in [-0.2, -0.15) is 0 Å². The lowest BCUT2D eigenvalue weighted by molar-refractivity contribution is 0.115. The summed E-state index contributed by atoms with van der Waals surface area (Å²) in [5.74, 6) is 0.645. The molecule has 15 heavy (non-hydrogen) atoms. The molecule has 0 unspecified atom stereocenters. The number of hydrogen-bond acceptors (Lipinski definition) is 1. The van der Waals surface area contributed by atoms with E-state index in [1.807, 2.05) is 0 Å². The summed E-state index contributed by atoms with van der Waals surface area (Å²) in [7, 11) is 0. The maximum absolute atomic E-state index is 10.2. The van der Waals surface area contributed by atoms with Crippen LogP contribution < -0.4 is 0 Å². The minimum Gasteiger partial charge on any atom is -0.390 e. The molecule has 1 nitrogen and oxygen atoms in total. The van der Waals surface area contributed by atoms with Gasteiger partial charge in [-0.3, -0.25) is 0 Å². The van der Waals surface area contributed by atoms with Gasteiger partial charge >= 0.3 is 0 Å². The Bertz CT molecular complexity index is 167. The third-order valence-corrected chi connectivity index (χ3v) is 3.82. The predicted molar refractivity (Wildman–Crippen MR) is 66.0 cm³/mol. The SMILES string of the molecule is CCCCCC[C@H]1C[C@@]1(O)CCCCC. The Balaban J connectivity index is 1.99. The molecule has 0 saturated heterocycles. The second kappa shape index (κ2) is 6.52. The Hall–Kier alpha value is -0.0400. The lowest BCUT2D eigenvalue weighted by Crippen LogP contribution is -2.10. The number of aliphatic hydroxyl groups is 1. The zero-order valence-corrected chi connectivity index (χ0v) is 10.6. The summed E-state index contributed by atoms with van der Waals surface area (Å²) in [6, 6.07) is 0. The van der Waals surface area contributed by atoms with Crippen LogP contribution in [0.1, 0.15) is 78.1 Å². The van der Waals surface area contributed by atoms with Gasteiger partial charge in [0.25, 0.3) is 0 Å². The molecular weight excluding hydrogens is 184 g/mol. The van der Waals surface area contributed by atoms with E-state index in [4.69, 9.17) is 0 Å². The molecular formula is C14H28O. The molecule has 1 aliphatic carbocycles. The van der Waals surface area contributed by atoms with Crippen LogP contribution >= 0.6 is 0 Å². The monoisotopic (exact) mass is 212 g/mol. The van der Waals surface area contributed by atoms with Gasteiger partial charge in [-0.05, 0) is 25.2 Å². The molecule has 2 atom stereocenters. The van der Waals surface area contributed by atoms with Gasteiger partial charge in [0.15, 0.2) is 0 Å². The highest BCUT2D eigenvalue weighted by Gasteiger charge is 2.50. The third kappa shape index (κ3) is 4.55. The average Bonchev–Trinajstić information content (AvgIpc) is 2.85. The van der Waals surface area contributed by atoms with Crippen molar-refractivity contribution in [3.05, 3.63) is 0 Å². The van der Waals surface area contributed by atoms with Crippen molar-refractivity contribution >= 4 is 0 Å². The fourth-order valence-corrected chi connectivity index (χ4v) is 2.54. The van der Waals surface area contributed by atoms with E-state index in [1.54, 1.807) is 0 Å². The van der Waals surface area contributed by atoms with Crippen molar-refractivity contribution in [3.63, 3.8) is 0 Å². The zero-order chi connectivity index (χ0) is 11.1. The van der Waals surface area contributed by atoms with Crippen LogP contribution in [0.15, 0.2) is 0 Å². The first kappa shape index (κ1) is 13.0. The maximum Gasteiger partial charge on any atom is 0.0680 e. The van der Waals surface area contributed by atoms with E-state index in [9.17, 15) is 5.11 Å². The van der Waals surface area contributed by atoms with E-state index >= 15 is 0 Å². The first-order valence-electron chi connectivity index (χ1n) is 6.95. The second-order valence-corrected chi connectivity index (χ2v) is 5.31. The molecule has 90 valence electrons. The Kier molecular flexibility index (Phi) is 5.66. The molecule has 0 spiro atoms. The minimum absolute atomic E-state index is 0.235. The Morgan fingerprint density at radius 1 is 1.00 bits per heavy atom. The van der Waals surface area contributed by atoms with Gasteiger partial charge in [0.05, 0.1) is 5.60 Å². The van der Waals surface area contributed by atoms with Crippen LogP contribution in [-0.4, -0.2) is 10.7 Å². The molecule has 0 aromatic heterocycles. The number of rotatable bonds is 9. The quantitative estimate of drug-likeness (QED) is 0.565. The van der Waals surface area contributed by atoms with Gasteiger partial charge in [-0.1, -0.05) is 58.8 Å². The standard InChI is InChI=1S/C14H28O/c1-3-5-7-8-10-13-12-14(13,15)11-9-6-4-2/h13,15H,3-12H2,1-2H3/t13-,14-/m0/s1. The maximum atomic E-state index is 10.2.